The summed E-state index contributed by atoms with van der Waals surface area (Å²) in [6, 6.07) is 8.92. The van der Waals surface area contributed by atoms with E-state index in [-0.39, 0.29) is 23.1 Å². The quantitative estimate of drug-likeness (QED) is 0.735. The standard InChI is InChI=1S/C15H15BN2O6/c1-18-8-14(19)22-16(18,23-15(20)9-18)13-7-12(17-24-13)10-3-5-11(21-2)6-4-10/h3-7H,8-9H2,1-2H3. The lowest BCUT2D eigenvalue weighted by Gasteiger charge is -2.37. The molecule has 2 aromatic rings. The molecule has 3 heterocycles. The molecule has 0 unspecified atom stereocenters. The summed E-state index contributed by atoms with van der Waals surface area (Å²) in [4.78, 5) is 23.6. The Balaban J connectivity index is 1.73. The highest BCUT2D eigenvalue weighted by molar-refractivity contribution is 6.78. The minimum atomic E-state index is -2.39. The van der Waals surface area contributed by atoms with E-state index in [1.807, 2.05) is 12.1 Å². The fourth-order valence-corrected chi connectivity index (χ4v) is 3.38. The molecule has 0 radical (unpaired) electrons. The molecule has 124 valence electrons. The van der Waals surface area contributed by atoms with Crippen LogP contribution in [0.3, 0.4) is 0 Å². The summed E-state index contributed by atoms with van der Waals surface area (Å²) < 4.78 is 21.4. The van der Waals surface area contributed by atoms with Gasteiger partial charge in [0.15, 0.2) is 0 Å². The third-order valence-electron chi connectivity index (χ3n) is 4.66. The summed E-state index contributed by atoms with van der Waals surface area (Å²) in [5.41, 5.74) is 1.61. The summed E-state index contributed by atoms with van der Waals surface area (Å²) in [6.07, 6.45) is 0. The van der Waals surface area contributed by atoms with Gasteiger partial charge >= 0.3 is 18.6 Å². The predicted molar refractivity (Wildman–Crippen MR) is 82.0 cm³/mol. The molecular formula is C15H15BN2O6. The first kappa shape index (κ1) is 14.8. The van der Waals surface area contributed by atoms with Gasteiger partial charge in [-0.3, -0.25) is 9.59 Å². The van der Waals surface area contributed by atoms with Crippen LogP contribution in [0, 0.1) is 0 Å². The Morgan fingerprint density at radius 1 is 1.12 bits per heavy atom. The molecule has 0 bridgehead atoms. The topological polar surface area (TPSA) is 87.9 Å². The SMILES string of the molecule is COc1ccc(-c2cc([B-]34OC(=O)C[N+]3(C)CC(=O)O4)on2)cc1. The maximum absolute atomic E-state index is 11.8. The number of hydrogen-bond donors (Lipinski definition) is 0. The van der Waals surface area contributed by atoms with E-state index in [1.54, 1.807) is 32.4 Å². The molecule has 0 atom stereocenters. The maximum Gasteiger partial charge on any atom is 0.651 e. The fraction of sp³-hybridized carbons (Fsp3) is 0.267. The fourth-order valence-electron chi connectivity index (χ4n) is 3.38. The number of quaternary nitrogens is 1. The van der Waals surface area contributed by atoms with Crippen molar-refractivity contribution in [1.82, 2.24) is 5.16 Å². The van der Waals surface area contributed by atoms with Crippen LogP contribution in [0.4, 0.5) is 0 Å². The van der Waals surface area contributed by atoms with Crippen LogP contribution in [0.1, 0.15) is 0 Å². The molecule has 9 heteroatoms. The minimum Gasteiger partial charge on any atom is -0.594 e. The molecule has 2 aliphatic heterocycles. The third-order valence-corrected chi connectivity index (χ3v) is 4.66. The molecule has 0 amide bonds. The van der Waals surface area contributed by atoms with Gasteiger partial charge in [-0.2, -0.15) is 0 Å². The molecule has 2 aliphatic rings. The second-order valence-electron chi connectivity index (χ2n) is 6.29. The molecular weight excluding hydrogens is 315 g/mol. The van der Waals surface area contributed by atoms with Crippen molar-refractivity contribution in [3.05, 3.63) is 30.3 Å². The van der Waals surface area contributed by atoms with E-state index < -0.39 is 18.6 Å². The Labute approximate surface area is 137 Å². The Hall–Kier alpha value is -2.81. The van der Waals surface area contributed by atoms with Gasteiger partial charge in [-0.1, -0.05) is 5.16 Å². The average Bonchev–Trinajstić information content (AvgIpc) is 3.17. The van der Waals surface area contributed by atoms with Crippen LogP contribution >= 0.6 is 0 Å². The van der Waals surface area contributed by atoms with E-state index in [1.165, 1.54) is 0 Å². The van der Waals surface area contributed by atoms with Gasteiger partial charge in [-0.25, -0.2) is 0 Å². The Morgan fingerprint density at radius 2 is 1.75 bits per heavy atom. The van der Waals surface area contributed by atoms with Gasteiger partial charge < -0.3 is 23.0 Å². The third kappa shape index (κ3) is 1.94. The molecule has 1 aromatic heterocycles. The predicted octanol–water partition coefficient (Wildman–Crippen LogP) is 0.0563. The first-order chi connectivity index (χ1) is 11.5. The number of ether oxygens (including phenoxy) is 1. The molecule has 2 saturated heterocycles. The maximum atomic E-state index is 11.8. The van der Waals surface area contributed by atoms with E-state index >= 15 is 0 Å². The van der Waals surface area contributed by atoms with Crippen molar-refractivity contribution in [2.45, 2.75) is 0 Å². The lowest BCUT2D eigenvalue weighted by atomic mass is 9.65. The Kier molecular flexibility index (Phi) is 2.98. The highest BCUT2D eigenvalue weighted by Crippen LogP contribution is 2.34. The van der Waals surface area contributed by atoms with Crippen LogP contribution in [0.15, 0.2) is 34.9 Å². The second-order valence-corrected chi connectivity index (χ2v) is 6.29. The van der Waals surface area contributed by atoms with Crippen LogP contribution in [0.2, 0.25) is 0 Å². The van der Waals surface area contributed by atoms with E-state index in [4.69, 9.17) is 18.6 Å². The Morgan fingerprint density at radius 3 is 2.33 bits per heavy atom. The number of fused-ring (bicyclic) bond motifs is 1. The summed E-state index contributed by atoms with van der Waals surface area (Å²) >= 11 is 0. The number of carbonyl (C=O) groups is 2. The number of nitrogens with zero attached hydrogens (tertiary/aromatic N) is 2. The van der Waals surface area contributed by atoms with Gasteiger partial charge in [-0.15, -0.1) is 0 Å². The zero-order chi connectivity index (χ0) is 16.9. The molecule has 0 N–H and O–H groups in total. The minimum absolute atomic E-state index is 0.0227. The number of aromatic nitrogens is 1. The van der Waals surface area contributed by atoms with E-state index in [0.29, 0.717) is 5.69 Å². The average molecular weight is 330 g/mol. The van der Waals surface area contributed by atoms with Crippen LogP contribution in [-0.4, -0.2) is 55.4 Å². The van der Waals surface area contributed by atoms with Gasteiger partial charge in [-0.05, 0) is 30.3 Å². The molecule has 8 nitrogen and oxygen atoms in total. The molecule has 0 spiro atoms. The van der Waals surface area contributed by atoms with Gasteiger partial charge in [0.05, 0.1) is 7.11 Å². The van der Waals surface area contributed by atoms with E-state index in [2.05, 4.69) is 5.16 Å². The zero-order valence-electron chi connectivity index (χ0n) is 13.2. The molecule has 0 aliphatic carbocycles. The first-order valence-corrected chi connectivity index (χ1v) is 7.49. The normalized spacial score (nSPS) is 28.4. The summed E-state index contributed by atoms with van der Waals surface area (Å²) in [7, 11) is 3.33. The summed E-state index contributed by atoms with van der Waals surface area (Å²) in [5.74, 6) is -0.122. The summed E-state index contributed by atoms with van der Waals surface area (Å²) in [6.45, 7) is -2.27. The van der Waals surface area contributed by atoms with E-state index in [9.17, 15) is 9.59 Å². The van der Waals surface area contributed by atoms with Crippen LogP contribution < -0.4 is 10.4 Å². The van der Waals surface area contributed by atoms with Crippen molar-refractivity contribution >= 4 is 24.3 Å². The molecule has 2 fully saturated rings. The smallest absolute Gasteiger partial charge is 0.594 e. The second kappa shape index (κ2) is 4.84. The molecule has 24 heavy (non-hydrogen) atoms. The number of methoxy groups -OCH3 is 1. The van der Waals surface area contributed by atoms with Crippen molar-refractivity contribution in [1.29, 1.82) is 0 Å². The van der Waals surface area contributed by atoms with Crippen molar-refractivity contribution in [3.8, 4) is 17.0 Å². The lowest BCUT2D eigenvalue weighted by Crippen LogP contribution is -2.67. The highest BCUT2D eigenvalue weighted by atomic mass is 16.7. The van der Waals surface area contributed by atoms with E-state index in [0.717, 1.165) is 11.3 Å². The van der Waals surface area contributed by atoms with Gasteiger partial charge in [0, 0.05) is 12.6 Å². The monoisotopic (exact) mass is 330 g/mol. The van der Waals surface area contributed by atoms with Crippen molar-refractivity contribution in [2.75, 3.05) is 27.2 Å². The highest BCUT2D eigenvalue weighted by Gasteiger charge is 2.68. The Bertz CT molecular complexity index is 811. The number of benzene rings is 1. The van der Waals surface area contributed by atoms with Crippen molar-refractivity contribution in [2.24, 2.45) is 0 Å². The van der Waals surface area contributed by atoms with Crippen LogP contribution in [0.25, 0.3) is 11.3 Å². The number of rotatable bonds is 3. The molecule has 1 aromatic carbocycles. The molecule has 4 rings (SSSR count). The number of hydrogen-bond acceptors (Lipinski definition) is 7. The largest absolute Gasteiger partial charge is 0.651 e. The van der Waals surface area contributed by atoms with Crippen molar-refractivity contribution in [3.63, 3.8) is 0 Å². The van der Waals surface area contributed by atoms with Crippen LogP contribution in [0.5, 0.6) is 5.75 Å². The van der Waals surface area contributed by atoms with Crippen molar-refractivity contribution < 1.29 is 32.6 Å². The molecule has 0 saturated carbocycles. The van der Waals surface area contributed by atoms with Gasteiger partial charge in [0.25, 0.3) is 0 Å². The van der Waals surface area contributed by atoms with Gasteiger partial charge in [0.1, 0.15) is 30.2 Å². The van der Waals surface area contributed by atoms with Gasteiger partial charge in [0.2, 0.25) is 0 Å². The van der Waals surface area contributed by atoms with Crippen LogP contribution in [-0.2, 0) is 18.9 Å². The number of likely N-dealkylation sites (N-methyl/N-ethyl adjacent to an activating group) is 1. The summed E-state index contributed by atoms with van der Waals surface area (Å²) in [5, 5.41) is 4.03. The first-order valence-electron chi connectivity index (χ1n) is 7.49. The lowest BCUT2D eigenvalue weighted by molar-refractivity contribution is -0.791. The zero-order valence-corrected chi connectivity index (χ0v) is 13.2. The number of carbonyl (C=O) groups excluding carboxylic acids is 2.